The molecular formula is C18H16Cl2N2O2. The first-order valence-electron chi connectivity index (χ1n) is 7.39. The van der Waals surface area contributed by atoms with Crippen LogP contribution in [0.2, 0.25) is 10.0 Å². The summed E-state index contributed by atoms with van der Waals surface area (Å²) in [5.74, 6) is 2.21. The molecule has 0 saturated carbocycles. The van der Waals surface area contributed by atoms with Crippen LogP contribution < -0.4 is 10.1 Å². The van der Waals surface area contributed by atoms with Gasteiger partial charge in [-0.25, -0.2) is 4.98 Å². The van der Waals surface area contributed by atoms with Gasteiger partial charge in [-0.05, 0) is 35.9 Å². The molecular weight excluding hydrogens is 347 g/mol. The van der Waals surface area contributed by atoms with Crippen LogP contribution in [0.4, 0.5) is 0 Å². The van der Waals surface area contributed by atoms with Crippen LogP contribution in [-0.4, -0.2) is 12.1 Å². The monoisotopic (exact) mass is 362 g/mol. The number of halogens is 2. The Balaban J connectivity index is 1.58. The first-order chi connectivity index (χ1) is 11.7. The van der Waals surface area contributed by atoms with Crippen LogP contribution in [0, 0.1) is 0 Å². The zero-order chi connectivity index (χ0) is 16.9. The van der Waals surface area contributed by atoms with E-state index >= 15 is 0 Å². The predicted octanol–water partition coefficient (Wildman–Crippen LogP) is 4.95. The van der Waals surface area contributed by atoms with E-state index in [2.05, 4.69) is 10.3 Å². The number of nitrogens with one attached hydrogen (secondary N) is 1. The molecule has 0 saturated heterocycles. The Kier molecular flexibility index (Phi) is 5.41. The summed E-state index contributed by atoms with van der Waals surface area (Å²) in [5.41, 5.74) is 1.97. The van der Waals surface area contributed by atoms with E-state index in [9.17, 15) is 0 Å². The predicted molar refractivity (Wildman–Crippen MR) is 95.5 cm³/mol. The van der Waals surface area contributed by atoms with Crippen molar-refractivity contribution in [2.24, 2.45) is 0 Å². The van der Waals surface area contributed by atoms with Crippen LogP contribution in [0.1, 0.15) is 11.3 Å². The lowest BCUT2D eigenvalue weighted by molar-refractivity contribution is 0.397. The van der Waals surface area contributed by atoms with E-state index < -0.39 is 0 Å². The number of furan rings is 1. The van der Waals surface area contributed by atoms with Crippen molar-refractivity contribution in [2.45, 2.75) is 13.1 Å². The van der Waals surface area contributed by atoms with E-state index in [0.29, 0.717) is 29.0 Å². The average Bonchev–Trinajstić information content (AvgIpc) is 3.07. The molecule has 1 aromatic carbocycles. The second kappa shape index (κ2) is 7.71. The van der Waals surface area contributed by atoms with E-state index in [0.717, 1.165) is 22.6 Å². The van der Waals surface area contributed by atoms with Crippen LogP contribution >= 0.6 is 23.2 Å². The van der Waals surface area contributed by atoms with Crippen LogP contribution in [0.3, 0.4) is 0 Å². The number of hydrogen-bond acceptors (Lipinski definition) is 4. The Bertz CT molecular complexity index is 816. The van der Waals surface area contributed by atoms with E-state index in [1.54, 1.807) is 25.4 Å². The molecule has 0 spiro atoms. The topological polar surface area (TPSA) is 47.3 Å². The van der Waals surface area contributed by atoms with Crippen molar-refractivity contribution < 1.29 is 9.15 Å². The van der Waals surface area contributed by atoms with Crippen molar-refractivity contribution >= 4 is 23.2 Å². The van der Waals surface area contributed by atoms with Gasteiger partial charge in [-0.15, -0.1) is 0 Å². The third-order valence-corrected chi connectivity index (χ3v) is 4.24. The molecule has 0 radical (unpaired) electrons. The summed E-state index contributed by atoms with van der Waals surface area (Å²) < 4.78 is 10.9. The normalized spacial score (nSPS) is 10.8. The molecule has 0 bridgehead atoms. The quantitative estimate of drug-likeness (QED) is 0.673. The lowest BCUT2D eigenvalue weighted by atomic mass is 10.2. The lowest BCUT2D eigenvalue weighted by Crippen LogP contribution is -2.12. The lowest BCUT2D eigenvalue weighted by Gasteiger charge is -2.04. The zero-order valence-corrected chi connectivity index (χ0v) is 14.6. The van der Waals surface area contributed by atoms with Crippen molar-refractivity contribution in [3.05, 3.63) is 70.0 Å². The average molecular weight is 363 g/mol. The van der Waals surface area contributed by atoms with Gasteiger partial charge in [0.25, 0.3) is 0 Å². The van der Waals surface area contributed by atoms with Crippen LogP contribution in [0.15, 0.2) is 53.1 Å². The number of aromatic nitrogens is 1. The molecule has 3 aromatic rings. The minimum absolute atomic E-state index is 0.511. The van der Waals surface area contributed by atoms with Gasteiger partial charge in [-0.2, -0.15) is 0 Å². The molecule has 1 N–H and O–H groups in total. The third-order valence-electron chi connectivity index (χ3n) is 3.50. The Hall–Kier alpha value is -2.01. The summed E-state index contributed by atoms with van der Waals surface area (Å²) in [6.07, 6.45) is 1.79. The highest BCUT2D eigenvalue weighted by Crippen LogP contribution is 2.29. The van der Waals surface area contributed by atoms with E-state index in [4.69, 9.17) is 32.4 Å². The molecule has 2 aromatic heterocycles. The molecule has 2 heterocycles. The molecule has 0 aliphatic rings. The van der Waals surface area contributed by atoms with Gasteiger partial charge in [0.05, 0.1) is 23.7 Å². The minimum atomic E-state index is 0.511. The summed E-state index contributed by atoms with van der Waals surface area (Å²) in [6, 6.07) is 13.1. The molecule has 0 aliphatic carbocycles. The van der Waals surface area contributed by atoms with E-state index in [1.165, 1.54) is 0 Å². The molecule has 124 valence electrons. The van der Waals surface area contributed by atoms with Crippen LogP contribution in [0.25, 0.3) is 11.3 Å². The third kappa shape index (κ3) is 4.09. The Morgan fingerprint density at radius 1 is 1.04 bits per heavy atom. The molecule has 24 heavy (non-hydrogen) atoms. The molecule has 0 atom stereocenters. The first kappa shape index (κ1) is 16.8. The highest BCUT2D eigenvalue weighted by atomic mass is 35.5. The first-order valence-corrected chi connectivity index (χ1v) is 8.15. The van der Waals surface area contributed by atoms with Gasteiger partial charge in [0, 0.05) is 24.4 Å². The van der Waals surface area contributed by atoms with Gasteiger partial charge < -0.3 is 14.5 Å². The molecule has 4 nitrogen and oxygen atoms in total. The van der Waals surface area contributed by atoms with Crippen molar-refractivity contribution in [1.82, 2.24) is 10.3 Å². The molecule has 6 heteroatoms. The van der Waals surface area contributed by atoms with Gasteiger partial charge in [0.2, 0.25) is 5.88 Å². The Morgan fingerprint density at radius 2 is 1.92 bits per heavy atom. The second-order valence-electron chi connectivity index (χ2n) is 5.21. The number of rotatable bonds is 6. The SMILES string of the molecule is COc1ccc(CNCc2ccc(-c3ccc(Cl)c(Cl)c3)o2)cn1. The summed E-state index contributed by atoms with van der Waals surface area (Å²) in [6.45, 7) is 1.31. The number of benzene rings is 1. The summed E-state index contributed by atoms with van der Waals surface area (Å²) >= 11 is 12.0. The fourth-order valence-corrected chi connectivity index (χ4v) is 2.54. The van der Waals surface area contributed by atoms with Crippen LogP contribution in [0.5, 0.6) is 5.88 Å². The number of methoxy groups -OCH3 is 1. The van der Waals surface area contributed by atoms with Gasteiger partial charge in [-0.1, -0.05) is 29.3 Å². The highest BCUT2D eigenvalue weighted by molar-refractivity contribution is 6.42. The summed E-state index contributed by atoms with van der Waals surface area (Å²) in [7, 11) is 1.60. The van der Waals surface area contributed by atoms with Crippen LogP contribution in [-0.2, 0) is 13.1 Å². The van der Waals surface area contributed by atoms with Crippen molar-refractivity contribution in [1.29, 1.82) is 0 Å². The van der Waals surface area contributed by atoms with Gasteiger partial charge in [0.1, 0.15) is 11.5 Å². The largest absolute Gasteiger partial charge is 0.481 e. The number of pyridine rings is 1. The molecule has 0 aliphatic heterocycles. The maximum atomic E-state index is 6.04. The van der Waals surface area contributed by atoms with Gasteiger partial charge in [0.15, 0.2) is 0 Å². The number of ether oxygens (including phenoxy) is 1. The van der Waals surface area contributed by atoms with Crippen molar-refractivity contribution in [3.8, 4) is 17.2 Å². The standard InChI is InChI=1S/C18H16Cl2N2O2/c1-23-18-7-2-12(10-22-18)9-21-11-14-4-6-17(24-14)13-3-5-15(19)16(20)8-13/h2-8,10,21H,9,11H2,1H3. The highest BCUT2D eigenvalue weighted by Gasteiger charge is 2.07. The molecule has 0 amide bonds. The molecule has 3 rings (SSSR count). The summed E-state index contributed by atoms with van der Waals surface area (Å²) in [5, 5.41) is 4.36. The molecule has 0 fully saturated rings. The van der Waals surface area contributed by atoms with Gasteiger partial charge in [-0.3, -0.25) is 0 Å². The zero-order valence-electron chi connectivity index (χ0n) is 13.1. The fraction of sp³-hybridized carbons (Fsp3) is 0.167. The smallest absolute Gasteiger partial charge is 0.212 e. The van der Waals surface area contributed by atoms with E-state index in [-0.39, 0.29) is 0 Å². The summed E-state index contributed by atoms with van der Waals surface area (Å²) in [4.78, 5) is 4.17. The maximum Gasteiger partial charge on any atom is 0.212 e. The van der Waals surface area contributed by atoms with Gasteiger partial charge >= 0.3 is 0 Å². The van der Waals surface area contributed by atoms with Crippen molar-refractivity contribution in [2.75, 3.05) is 7.11 Å². The fourth-order valence-electron chi connectivity index (χ4n) is 2.24. The molecule has 0 unspecified atom stereocenters. The number of nitrogens with zero attached hydrogens (tertiary/aromatic N) is 1. The minimum Gasteiger partial charge on any atom is -0.481 e. The van der Waals surface area contributed by atoms with Crippen molar-refractivity contribution in [3.63, 3.8) is 0 Å². The number of hydrogen-bond donors (Lipinski definition) is 1. The van der Waals surface area contributed by atoms with E-state index in [1.807, 2.05) is 30.3 Å². The second-order valence-corrected chi connectivity index (χ2v) is 6.02. The Labute approximate surface area is 150 Å². The maximum absolute atomic E-state index is 6.04. The Morgan fingerprint density at radius 3 is 2.62 bits per heavy atom.